The second-order valence-electron chi connectivity index (χ2n) is 11.1. The van der Waals surface area contributed by atoms with Gasteiger partial charge in [-0.25, -0.2) is 4.79 Å². The molecule has 4 amide bonds. The summed E-state index contributed by atoms with van der Waals surface area (Å²) in [5.41, 5.74) is 5.99. The fourth-order valence-electron chi connectivity index (χ4n) is 4.45. The SMILES string of the molecule is CC[C@H](C)[C@H](NC(=O)[C@@H](N)CC(C)C)C(=O)N[C@H](C(=O)N[C@H](C(=O)N1CCC[C@H]1C(=O)O)[C@@H](C)O)C(C)C. The van der Waals surface area contributed by atoms with Crippen molar-refractivity contribution in [3.05, 3.63) is 0 Å². The number of hydrogen-bond donors (Lipinski definition) is 6. The highest BCUT2D eigenvalue weighted by atomic mass is 16.4. The van der Waals surface area contributed by atoms with Crippen LogP contribution in [0.1, 0.15) is 74.1 Å². The second-order valence-corrected chi connectivity index (χ2v) is 11.1. The normalized spacial score (nSPS) is 20.3. The number of hydrogen-bond acceptors (Lipinski definition) is 7. The Morgan fingerprint density at radius 1 is 0.895 bits per heavy atom. The molecule has 0 radical (unpaired) electrons. The molecule has 0 aromatic heterocycles. The fourth-order valence-corrected chi connectivity index (χ4v) is 4.45. The highest BCUT2D eigenvalue weighted by molar-refractivity contribution is 5.96. The van der Waals surface area contributed by atoms with Crippen molar-refractivity contribution in [2.45, 2.75) is 110 Å². The molecule has 1 aliphatic rings. The molecule has 0 unspecified atom stereocenters. The van der Waals surface area contributed by atoms with Gasteiger partial charge in [0.25, 0.3) is 0 Å². The van der Waals surface area contributed by atoms with E-state index in [1.54, 1.807) is 20.8 Å². The number of rotatable bonds is 14. The molecule has 1 rings (SSSR count). The van der Waals surface area contributed by atoms with Crippen molar-refractivity contribution in [1.29, 1.82) is 0 Å². The van der Waals surface area contributed by atoms with E-state index >= 15 is 0 Å². The first-order valence-electron chi connectivity index (χ1n) is 13.5. The first-order chi connectivity index (χ1) is 17.6. The van der Waals surface area contributed by atoms with Gasteiger partial charge in [-0.15, -0.1) is 0 Å². The van der Waals surface area contributed by atoms with Gasteiger partial charge in [-0.1, -0.05) is 48.0 Å². The van der Waals surface area contributed by atoms with E-state index in [1.807, 2.05) is 20.8 Å². The molecular formula is C26H47N5O7. The van der Waals surface area contributed by atoms with Crippen LogP contribution in [0.5, 0.6) is 0 Å². The number of aliphatic carboxylic acids is 1. The van der Waals surface area contributed by atoms with E-state index < -0.39 is 71.8 Å². The zero-order valence-corrected chi connectivity index (χ0v) is 23.7. The summed E-state index contributed by atoms with van der Waals surface area (Å²) < 4.78 is 0. The van der Waals surface area contributed by atoms with Crippen molar-refractivity contribution in [1.82, 2.24) is 20.9 Å². The minimum Gasteiger partial charge on any atom is -0.480 e. The predicted molar refractivity (Wildman–Crippen MR) is 142 cm³/mol. The average Bonchev–Trinajstić information content (AvgIpc) is 3.32. The van der Waals surface area contributed by atoms with Crippen LogP contribution in [0.25, 0.3) is 0 Å². The summed E-state index contributed by atoms with van der Waals surface area (Å²) in [6, 6.07) is -5.22. The number of amides is 4. The quantitative estimate of drug-likeness (QED) is 0.177. The second kappa shape index (κ2) is 15.0. The van der Waals surface area contributed by atoms with Crippen LogP contribution in [-0.2, 0) is 24.0 Å². The van der Waals surface area contributed by atoms with E-state index in [0.717, 1.165) is 4.90 Å². The molecule has 7 N–H and O–H groups in total. The Hall–Kier alpha value is -2.73. The van der Waals surface area contributed by atoms with E-state index in [4.69, 9.17) is 5.73 Å². The van der Waals surface area contributed by atoms with Gasteiger partial charge in [-0.2, -0.15) is 0 Å². The topological polar surface area (TPSA) is 191 Å². The third-order valence-electron chi connectivity index (χ3n) is 6.97. The molecule has 0 aliphatic carbocycles. The average molecular weight is 542 g/mol. The zero-order valence-electron chi connectivity index (χ0n) is 23.7. The van der Waals surface area contributed by atoms with Crippen LogP contribution in [-0.4, -0.2) is 87.6 Å². The standard InChI is InChI=1S/C26H47N5O7/c1-8-15(6)20(29-22(33)17(27)12-13(2)3)24(35)28-19(14(4)5)23(34)30-21(16(7)32)25(36)31-11-9-10-18(31)26(37)38/h13-21,32H,8-12,27H2,1-7H3,(H,28,35)(H,29,33)(H,30,34)(H,37,38)/t15-,16+,17-,18-,19-,20-,21-/m0/s1. The summed E-state index contributed by atoms with van der Waals surface area (Å²) in [7, 11) is 0. The van der Waals surface area contributed by atoms with E-state index in [-0.39, 0.29) is 24.8 Å². The maximum atomic E-state index is 13.3. The van der Waals surface area contributed by atoms with Crippen molar-refractivity contribution < 1.29 is 34.2 Å². The van der Waals surface area contributed by atoms with Crippen LogP contribution in [0.15, 0.2) is 0 Å². The summed E-state index contributed by atoms with van der Waals surface area (Å²) in [6.45, 7) is 12.5. The number of aliphatic hydroxyl groups is 1. The number of carboxylic acids is 1. The molecule has 38 heavy (non-hydrogen) atoms. The molecule has 1 saturated heterocycles. The van der Waals surface area contributed by atoms with Crippen LogP contribution < -0.4 is 21.7 Å². The molecule has 0 aromatic rings. The van der Waals surface area contributed by atoms with Crippen LogP contribution in [0, 0.1) is 17.8 Å². The molecule has 1 aliphatic heterocycles. The molecule has 7 atom stereocenters. The number of aliphatic hydroxyl groups excluding tert-OH is 1. The van der Waals surface area contributed by atoms with Gasteiger partial charge in [-0.05, 0) is 43.9 Å². The zero-order chi connectivity index (χ0) is 29.3. The molecule has 1 heterocycles. The van der Waals surface area contributed by atoms with Gasteiger partial charge in [0.05, 0.1) is 12.1 Å². The summed E-state index contributed by atoms with van der Waals surface area (Å²) in [4.78, 5) is 65.0. The highest BCUT2D eigenvalue weighted by Gasteiger charge is 2.40. The minimum absolute atomic E-state index is 0.191. The number of nitrogens with zero attached hydrogens (tertiary/aromatic N) is 1. The number of carbonyl (C=O) groups excluding carboxylic acids is 4. The number of carbonyl (C=O) groups is 5. The van der Waals surface area contributed by atoms with Crippen molar-refractivity contribution in [2.24, 2.45) is 23.5 Å². The van der Waals surface area contributed by atoms with Crippen LogP contribution >= 0.6 is 0 Å². The Labute approximate surface area is 225 Å². The molecule has 1 fully saturated rings. The molecule has 12 nitrogen and oxygen atoms in total. The van der Waals surface area contributed by atoms with Gasteiger partial charge in [-0.3, -0.25) is 19.2 Å². The Kier molecular flexibility index (Phi) is 13.2. The molecule has 0 saturated carbocycles. The Morgan fingerprint density at radius 3 is 1.89 bits per heavy atom. The maximum Gasteiger partial charge on any atom is 0.326 e. The van der Waals surface area contributed by atoms with Gasteiger partial charge in [0.1, 0.15) is 24.2 Å². The number of nitrogens with two attached hydrogens (primary N) is 1. The summed E-state index contributed by atoms with van der Waals surface area (Å²) in [5, 5.41) is 27.6. The van der Waals surface area contributed by atoms with E-state index in [2.05, 4.69) is 16.0 Å². The molecule has 218 valence electrons. The molecule has 0 spiro atoms. The lowest BCUT2D eigenvalue weighted by molar-refractivity contribution is -0.151. The molecule has 12 heteroatoms. The van der Waals surface area contributed by atoms with Crippen LogP contribution in [0.2, 0.25) is 0 Å². The largest absolute Gasteiger partial charge is 0.480 e. The summed E-state index contributed by atoms with van der Waals surface area (Å²) in [6.07, 6.45) is 0.508. The van der Waals surface area contributed by atoms with Gasteiger partial charge in [0.2, 0.25) is 23.6 Å². The van der Waals surface area contributed by atoms with Crippen molar-refractivity contribution >= 4 is 29.6 Å². The Balaban J connectivity index is 3.06. The van der Waals surface area contributed by atoms with Gasteiger partial charge in [0, 0.05) is 6.54 Å². The third kappa shape index (κ3) is 9.23. The van der Waals surface area contributed by atoms with Crippen molar-refractivity contribution in [3.63, 3.8) is 0 Å². The first-order valence-corrected chi connectivity index (χ1v) is 13.5. The predicted octanol–water partition coefficient (Wildman–Crippen LogP) is -0.0273. The van der Waals surface area contributed by atoms with E-state index in [0.29, 0.717) is 19.3 Å². The lowest BCUT2D eigenvalue weighted by Gasteiger charge is -2.32. The van der Waals surface area contributed by atoms with Gasteiger partial charge >= 0.3 is 5.97 Å². The molecular weight excluding hydrogens is 494 g/mol. The number of likely N-dealkylation sites (tertiary alicyclic amines) is 1. The Morgan fingerprint density at radius 2 is 1.42 bits per heavy atom. The van der Waals surface area contributed by atoms with Crippen molar-refractivity contribution in [3.8, 4) is 0 Å². The summed E-state index contributed by atoms with van der Waals surface area (Å²) >= 11 is 0. The van der Waals surface area contributed by atoms with Crippen LogP contribution in [0.3, 0.4) is 0 Å². The van der Waals surface area contributed by atoms with E-state index in [9.17, 15) is 34.2 Å². The Bertz CT molecular complexity index is 848. The minimum atomic E-state index is -1.39. The fraction of sp³-hybridized carbons (Fsp3) is 0.808. The lowest BCUT2D eigenvalue weighted by Crippen LogP contribution is -2.62. The molecule has 0 aromatic carbocycles. The van der Waals surface area contributed by atoms with Crippen LogP contribution in [0.4, 0.5) is 0 Å². The molecule has 0 bridgehead atoms. The monoisotopic (exact) mass is 541 g/mol. The highest BCUT2D eigenvalue weighted by Crippen LogP contribution is 2.19. The first kappa shape index (κ1) is 33.3. The summed E-state index contributed by atoms with van der Waals surface area (Å²) in [5.74, 6) is -4.04. The maximum absolute atomic E-state index is 13.3. The third-order valence-corrected chi connectivity index (χ3v) is 6.97. The van der Waals surface area contributed by atoms with Gasteiger partial charge < -0.3 is 36.8 Å². The van der Waals surface area contributed by atoms with E-state index in [1.165, 1.54) is 6.92 Å². The number of carboxylic acid groups (broad SMARTS) is 1. The number of nitrogens with one attached hydrogen (secondary N) is 3. The van der Waals surface area contributed by atoms with Gasteiger partial charge in [0.15, 0.2) is 0 Å². The lowest BCUT2D eigenvalue weighted by atomic mass is 9.95. The van der Waals surface area contributed by atoms with Crippen molar-refractivity contribution in [2.75, 3.05) is 6.54 Å². The smallest absolute Gasteiger partial charge is 0.326 e.